The van der Waals surface area contributed by atoms with Crippen molar-refractivity contribution in [3.63, 3.8) is 0 Å². The molecule has 3 N–H and O–H groups in total. The summed E-state index contributed by atoms with van der Waals surface area (Å²) in [4.78, 5) is 23.6. The second kappa shape index (κ2) is 10.1. The lowest BCUT2D eigenvalue weighted by molar-refractivity contribution is -0.125. The summed E-state index contributed by atoms with van der Waals surface area (Å²) in [6.07, 6.45) is 1.59. The minimum absolute atomic E-state index is 0.0794. The Balaban J connectivity index is 1.77. The average molecular weight is 499 g/mol. The van der Waals surface area contributed by atoms with E-state index in [2.05, 4.69) is 47.7 Å². The van der Waals surface area contributed by atoms with E-state index in [9.17, 15) is 14.7 Å². The summed E-state index contributed by atoms with van der Waals surface area (Å²) in [7, 11) is 1.57. The standard InChI is InChI=1S/C18H17Br2N3O4/c1-27-13-4-2-11(3-5-13)8-16(24)21-10-17(25)23-22-9-12-6-14(19)18(26)15(20)7-12/h2-7,9,26H,8,10H2,1H3,(H,21,24)(H,23,25). The number of hydrogen-bond acceptors (Lipinski definition) is 5. The molecular weight excluding hydrogens is 482 g/mol. The van der Waals surface area contributed by atoms with Gasteiger partial charge in [0.05, 0.1) is 35.2 Å². The van der Waals surface area contributed by atoms with E-state index in [4.69, 9.17) is 4.74 Å². The molecular formula is C18H17Br2N3O4. The minimum atomic E-state index is -0.453. The van der Waals surface area contributed by atoms with Gasteiger partial charge in [-0.3, -0.25) is 9.59 Å². The Hall–Kier alpha value is -2.39. The smallest absolute Gasteiger partial charge is 0.259 e. The third-order valence-electron chi connectivity index (χ3n) is 3.41. The van der Waals surface area contributed by atoms with Crippen molar-refractivity contribution in [1.29, 1.82) is 0 Å². The monoisotopic (exact) mass is 497 g/mol. The lowest BCUT2D eigenvalue weighted by atomic mass is 10.1. The minimum Gasteiger partial charge on any atom is -0.506 e. The Labute approximate surface area is 173 Å². The fourth-order valence-electron chi connectivity index (χ4n) is 2.05. The Kier molecular flexibility index (Phi) is 7.81. The average Bonchev–Trinajstić information content (AvgIpc) is 2.65. The van der Waals surface area contributed by atoms with Crippen LogP contribution in [0.15, 0.2) is 50.4 Å². The van der Waals surface area contributed by atoms with Crippen LogP contribution in [0.25, 0.3) is 0 Å². The van der Waals surface area contributed by atoms with Gasteiger partial charge in [-0.1, -0.05) is 12.1 Å². The van der Waals surface area contributed by atoms with Gasteiger partial charge in [-0.15, -0.1) is 0 Å². The highest BCUT2D eigenvalue weighted by molar-refractivity contribution is 9.11. The molecule has 0 saturated carbocycles. The number of halogens is 2. The molecule has 2 aromatic rings. The molecule has 0 aliphatic rings. The fourth-order valence-corrected chi connectivity index (χ4v) is 3.27. The zero-order chi connectivity index (χ0) is 19.8. The summed E-state index contributed by atoms with van der Waals surface area (Å²) < 4.78 is 6.05. The third kappa shape index (κ3) is 6.69. The van der Waals surface area contributed by atoms with Crippen molar-refractivity contribution >= 4 is 49.9 Å². The molecule has 2 amide bonds. The predicted octanol–water partition coefficient (Wildman–Crippen LogP) is 2.73. The number of carbonyl (C=O) groups is 2. The molecule has 0 aliphatic carbocycles. The summed E-state index contributed by atoms with van der Waals surface area (Å²) in [5, 5.41) is 16.0. The number of phenols is 1. The van der Waals surface area contributed by atoms with Gasteiger partial charge in [0, 0.05) is 0 Å². The SMILES string of the molecule is COc1ccc(CC(=O)NCC(=O)NN=Cc2cc(Br)c(O)c(Br)c2)cc1. The molecule has 0 atom stereocenters. The maximum Gasteiger partial charge on any atom is 0.259 e. The van der Waals surface area contributed by atoms with Crippen molar-refractivity contribution in [3.05, 3.63) is 56.5 Å². The number of benzene rings is 2. The van der Waals surface area contributed by atoms with Crippen LogP contribution in [0.4, 0.5) is 0 Å². The second-order valence-electron chi connectivity index (χ2n) is 5.43. The van der Waals surface area contributed by atoms with Crippen molar-refractivity contribution in [2.24, 2.45) is 5.10 Å². The first-order valence-electron chi connectivity index (χ1n) is 7.78. The zero-order valence-electron chi connectivity index (χ0n) is 14.3. The number of amides is 2. The zero-order valence-corrected chi connectivity index (χ0v) is 17.5. The molecule has 27 heavy (non-hydrogen) atoms. The number of carbonyl (C=O) groups excluding carboxylic acids is 2. The topological polar surface area (TPSA) is 100 Å². The molecule has 0 unspecified atom stereocenters. The number of aromatic hydroxyl groups is 1. The van der Waals surface area contributed by atoms with Gasteiger partial charge in [0.25, 0.3) is 5.91 Å². The van der Waals surface area contributed by atoms with Gasteiger partial charge in [-0.25, -0.2) is 5.43 Å². The van der Waals surface area contributed by atoms with Crippen LogP contribution in [0.1, 0.15) is 11.1 Å². The maximum atomic E-state index is 11.9. The number of nitrogens with zero attached hydrogens (tertiary/aromatic N) is 1. The lowest BCUT2D eigenvalue weighted by Crippen LogP contribution is -2.35. The fraction of sp³-hybridized carbons (Fsp3) is 0.167. The summed E-state index contributed by atoms with van der Waals surface area (Å²) in [6, 6.07) is 10.4. The molecule has 0 aliphatic heterocycles. The highest BCUT2D eigenvalue weighted by Gasteiger charge is 2.07. The van der Waals surface area contributed by atoms with Gasteiger partial charge in [0.15, 0.2) is 0 Å². The maximum absolute atomic E-state index is 11.9. The van der Waals surface area contributed by atoms with Crippen LogP contribution in [0, 0.1) is 0 Å². The second-order valence-corrected chi connectivity index (χ2v) is 7.14. The highest BCUT2D eigenvalue weighted by Crippen LogP contribution is 2.32. The normalized spacial score (nSPS) is 10.6. The molecule has 7 nitrogen and oxygen atoms in total. The van der Waals surface area contributed by atoms with E-state index in [1.165, 1.54) is 6.21 Å². The van der Waals surface area contributed by atoms with E-state index in [-0.39, 0.29) is 24.6 Å². The predicted molar refractivity (Wildman–Crippen MR) is 109 cm³/mol. The summed E-state index contributed by atoms with van der Waals surface area (Å²) in [6.45, 7) is -0.185. The largest absolute Gasteiger partial charge is 0.506 e. The molecule has 0 heterocycles. The number of phenolic OH excluding ortho intramolecular Hbond substituents is 1. The van der Waals surface area contributed by atoms with Crippen LogP contribution >= 0.6 is 31.9 Å². The van der Waals surface area contributed by atoms with Crippen molar-refractivity contribution in [2.45, 2.75) is 6.42 Å². The van der Waals surface area contributed by atoms with E-state index in [0.29, 0.717) is 20.3 Å². The first-order chi connectivity index (χ1) is 12.9. The van der Waals surface area contributed by atoms with E-state index < -0.39 is 5.91 Å². The van der Waals surface area contributed by atoms with Crippen molar-refractivity contribution in [3.8, 4) is 11.5 Å². The Bertz CT molecular complexity index is 831. The van der Waals surface area contributed by atoms with Crippen LogP contribution in [0.5, 0.6) is 11.5 Å². The molecule has 0 saturated heterocycles. The number of methoxy groups -OCH3 is 1. The third-order valence-corrected chi connectivity index (χ3v) is 4.62. The highest BCUT2D eigenvalue weighted by atomic mass is 79.9. The van der Waals surface area contributed by atoms with Crippen molar-refractivity contribution in [2.75, 3.05) is 13.7 Å². The van der Waals surface area contributed by atoms with Crippen LogP contribution < -0.4 is 15.5 Å². The molecule has 2 aromatic carbocycles. The van der Waals surface area contributed by atoms with E-state index in [1.807, 2.05) is 0 Å². The Morgan fingerprint density at radius 2 is 1.78 bits per heavy atom. The van der Waals surface area contributed by atoms with Gasteiger partial charge in [0.1, 0.15) is 11.5 Å². The number of rotatable bonds is 7. The number of hydrazone groups is 1. The molecule has 0 aromatic heterocycles. The van der Waals surface area contributed by atoms with Gasteiger partial charge >= 0.3 is 0 Å². The molecule has 0 spiro atoms. The van der Waals surface area contributed by atoms with Crippen molar-refractivity contribution in [1.82, 2.24) is 10.7 Å². The van der Waals surface area contributed by atoms with Crippen LogP contribution in [0.2, 0.25) is 0 Å². The number of hydrogen-bond donors (Lipinski definition) is 3. The quantitative estimate of drug-likeness (QED) is 0.403. The number of ether oxygens (including phenoxy) is 1. The van der Waals surface area contributed by atoms with Gasteiger partial charge in [0.2, 0.25) is 5.91 Å². The molecule has 0 bridgehead atoms. The van der Waals surface area contributed by atoms with Gasteiger partial charge in [-0.2, -0.15) is 5.10 Å². The Morgan fingerprint density at radius 3 is 2.37 bits per heavy atom. The summed E-state index contributed by atoms with van der Waals surface area (Å²) in [5.74, 6) is 0.0665. The number of nitrogens with one attached hydrogen (secondary N) is 2. The van der Waals surface area contributed by atoms with E-state index >= 15 is 0 Å². The van der Waals surface area contributed by atoms with Gasteiger partial charge < -0.3 is 15.2 Å². The van der Waals surface area contributed by atoms with Crippen LogP contribution in [-0.2, 0) is 16.0 Å². The molecule has 0 radical (unpaired) electrons. The molecule has 0 fully saturated rings. The lowest BCUT2D eigenvalue weighted by Gasteiger charge is -2.05. The first-order valence-corrected chi connectivity index (χ1v) is 9.37. The van der Waals surface area contributed by atoms with Crippen molar-refractivity contribution < 1.29 is 19.4 Å². The molecule has 2 rings (SSSR count). The van der Waals surface area contributed by atoms with Crippen LogP contribution in [-0.4, -0.2) is 36.8 Å². The van der Waals surface area contributed by atoms with Crippen LogP contribution in [0.3, 0.4) is 0 Å². The van der Waals surface area contributed by atoms with E-state index in [0.717, 1.165) is 5.56 Å². The summed E-state index contributed by atoms with van der Waals surface area (Å²) >= 11 is 6.42. The molecule has 9 heteroatoms. The van der Waals surface area contributed by atoms with E-state index in [1.54, 1.807) is 43.5 Å². The Morgan fingerprint density at radius 1 is 1.15 bits per heavy atom. The van der Waals surface area contributed by atoms with Gasteiger partial charge in [-0.05, 0) is 67.3 Å². The first kappa shape index (κ1) is 20.9. The molecule has 142 valence electrons. The summed E-state index contributed by atoms with van der Waals surface area (Å²) in [5.41, 5.74) is 3.80.